The fourth-order valence-corrected chi connectivity index (χ4v) is 1.87. The zero-order chi connectivity index (χ0) is 13.1. The highest BCUT2D eigenvalue weighted by Gasteiger charge is 2.16. The predicted octanol–water partition coefficient (Wildman–Crippen LogP) is 2.50. The molecule has 18 heavy (non-hydrogen) atoms. The van der Waals surface area contributed by atoms with Gasteiger partial charge in [0.1, 0.15) is 5.69 Å². The minimum atomic E-state index is -0.391. The van der Waals surface area contributed by atoms with Crippen molar-refractivity contribution in [2.75, 3.05) is 5.32 Å². The summed E-state index contributed by atoms with van der Waals surface area (Å²) in [5.74, 6) is 0. The Labute approximate surface area is 104 Å². The number of rotatable bonds is 4. The van der Waals surface area contributed by atoms with Crippen molar-refractivity contribution in [2.45, 2.75) is 13.0 Å². The molecule has 1 N–H and O–H groups in total. The summed E-state index contributed by atoms with van der Waals surface area (Å²) >= 11 is 0. The van der Waals surface area contributed by atoms with E-state index in [2.05, 4.69) is 10.4 Å². The van der Waals surface area contributed by atoms with Gasteiger partial charge in [-0.1, -0.05) is 12.1 Å². The van der Waals surface area contributed by atoms with Crippen LogP contribution in [0.25, 0.3) is 0 Å². The van der Waals surface area contributed by atoms with Crippen LogP contribution in [0, 0.1) is 10.1 Å². The lowest BCUT2D eigenvalue weighted by molar-refractivity contribution is -0.384. The molecule has 6 nitrogen and oxygen atoms in total. The second-order valence-corrected chi connectivity index (χ2v) is 4.02. The lowest BCUT2D eigenvalue weighted by Crippen LogP contribution is -2.12. The molecule has 0 radical (unpaired) electrons. The van der Waals surface area contributed by atoms with Crippen LogP contribution < -0.4 is 5.32 Å². The van der Waals surface area contributed by atoms with Gasteiger partial charge in [0, 0.05) is 19.3 Å². The van der Waals surface area contributed by atoms with Gasteiger partial charge in [0.15, 0.2) is 0 Å². The summed E-state index contributed by atoms with van der Waals surface area (Å²) in [6, 6.07) is 8.43. The van der Waals surface area contributed by atoms with Crippen LogP contribution in [0.5, 0.6) is 0 Å². The van der Waals surface area contributed by atoms with Crippen LogP contribution in [0.15, 0.2) is 36.5 Å². The van der Waals surface area contributed by atoms with E-state index < -0.39 is 4.92 Å². The van der Waals surface area contributed by atoms with Gasteiger partial charge in [-0.2, -0.15) is 5.10 Å². The quantitative estimate of drug-likeness (QED) is 0.664. The van der Waals surface area contributed by atoms with Crippen molar-refractivity contribution in [3.63, 3.8) is 0 Å². The van der Waals surface area contributed by atoms with Gasteiger partial charge in [-0.3, -0.25) is 14.8 Å². The van der Waals surface area contributed by atoms with Gasteiger partial charge in [-0.05, 0) is 19.1 Å². The van der Waals surface area contributed by atoms with Gasteiger partial charge < -0.3 is 5.32 Å². The fourth-order valence-electron chi connectivity index (χ4n) is 1.87. The minimum absolute atomic E-state index is 0.0569. The number of para-hydroxylation sites is 2. The Morgan fingerprint density at radius 1 is 1.39 bits per heavy atom. The number of benzene rings is 1. The van der Waals surface area contributed by atoms with Crippen LogP contribution in [0.3, 0.4) is 0 Å². The normalized spacial score (nSPS) is 12.1. The van der Waals surface area contributed by atoms with Gasteiger partial charge in [0.05, 0.1) is 16.7 Å². The summed E-state index contributed by atoms with van der Waals surface area (Å²) in [4.78, 5) is 10.5. The lowest BCUT2D eigenvalue weighted by Gasteiger charge is -2.15. The molecule has 2 aromatic rings. The van der Waals surface area contributed by atoms with Crippen LogP contribution in [-0.4, -0.2) is 14.7 Å². The molecule has 0 saturated heterocycles. The molecule has 0 aliphatic heterocycles. The summed E-state index contributed by atoms with van der Waals surface area (Å²) in [6.07, 6.45) is 1.70. The van der Waals surface area contributed by atoms with Crippen molar-refractivity contribution in [1.29, 1.82) is 0 Å². The summed E-state index contributed by atoms with van der Waals surface area (Å²) in [6.45, 7) is 1.94. The Kier molecular flexibility index (Phi) is 3.27. The van der Waals surface area contributed by atoms with Gasteiger partial charge in [0.25, 0.3) is 5.69 Å². The van der Waals surface area contributed by atoms with Crippen LogP contribution in [0.4, 0.5) is 11.4 Å². The van der Waals surface area contributed by atoms with Crippen molar-refractivity contribution in [3.8, 4) is 0 Å². The van der Waals surface area contributed by atoms with Crippen LogP contribution in [0.1, 0.15) is 18.7 Å². The van der Waals surface area contributed by atoms with Crippen molar-refractivity contribution in [2.24, 2.45) is 7.05 Å². The van der Waals surface area contributed by atoms with Gasteiger partial charge in [-0.15, -0.1) is 0 Å². The first kappa shape index (κ1) is 12.1. The average molecular weight is 246 g/mol. The number of nitro benzene ring substituents is 1. The molecule has 2 rings (SSSR count). The molecule has 0 amide bonds. The Morgan fingerprint density at radius 3 is 2.72 bits per heavy atom. The molecular formula is C12H14N4O2. The number of nitrogens with zero attached hydrogens (tertiary/aromatic N) is 3. The van der Waals surface area contributed by atoms with Crippen LogP contribution in [0.2, 0.25) is 0 Å². The Hall–Kier alpha value is -2.37. The fraction of sp³-hybridized carbons (Fsp3) is 0.250. The van der Waals surface area contributed by atoms with Gasteiger partial charge in [-0.25, -0.2) is 0 Å². The summed E-state index contributed by atoms with van der Waals surface area (Å²) in [5.41, 5.74) is 1.55. The first-order chi connectivity index (χ1) is 8.59. The maximum absolute atomic E-state index is 10.9. The third kappa shape index (κ3) is 2.32. The van der Waals surface area contributed by atoms with Crippen LogP contribution in [-0.2, 0) is 7.05 Å². The monoisotopic (exact) mass is 246 g/mol. The van der Waals surface area contributed by atoms with Gasteiger partial charge in [0.2, 0.25) is 0 Å². The van der Waals surface area contributed by atoms with E-state index in [1.165, 1.54) is 6.07 Å². The second-order valence-electron chi connectivity index (χ2n) is 4.02. The molecule has 1 unspecified atom stereocenters. The van der Waals surface area contributed by atoms with E-state index in [1.807, 2.05) is 20.0 Å². The molecule has 0 aliphatic rings. The molecule has 94 valence electrons. The number of nitro groups is 1. The van der Waals surface area contributed by atoms with Crippen LogP contribution >= 0.6 is 0 Å². The third-order valence-corrected chi connectivity index (χ3v) is 2.78. The van der Waals surface area contributed by atoms with E-state index in [0.29, 0.717) is 5.69 Å². The zero-order valence-corrected chi connectivity index (χ0v) is 10.2. The number of nitrogens with one attached hydrogen (secondary N) is 1. The Balaban J connectivity index is 2.25. The Morgan fingerprint density at radius 2 is 2.11 bits per heavy atom. The van der Waals surface area contributed by atoms with Crippen molar-refractivity contribution in [1.82, 2.24) is 9.78 Å². The summed E-state index contributed by atoms with van der Waals surface area (Å²) in [7, 11) is 1.84. The minimum Gasteiger partial charge on any atom is -0.371 e. The van der Waals surface area contributed by atoms with E-state index in [0.717, 1.165) is 5.69 Å². The predicted molar refractivity (Wildman–Crippen MR) is 68.3 cm³/mol. The Bertz CT molecular complexity index is 565. The van der Waals surface area contributed by atoms with E-state index in [-0.39, 0.29) is 11.7 Å². The number of aryl methyl sites for hydroxylation is 1. The number of hydrogen-bond donors (Lipinski definition) is 1. The molecule has 0 fully saturated rings. The standard InChI is InChI=1S/C12H14N4O2/c1-9(11-7-8-13-15(11)2)14-10-5-3-4-6-12(10)16(17)18/h3-9,14H,1-2H3. The molecule has 1 atom stereocenters. The maximum Gasteiger partial charge on any atom is 0.292 e. The van der Waals surface area contributed by atoms with Crippen molar-refractivity contribution >= 4 is 11.4 Å². The largest absolute Gasteiger partial charge is 0.371 e. The topological polar surface area (TPSA) is 73.0 Å². The molecule has 1 aromatic heterocycles. The van der Waals surface area contributed by atoms with E-state index in [1.54, 1.807) is 29.1 Å². The molecule has 1 aromatic carbocycles. The molecule has 6 heteroatoms. The van der Waals surface area contributed by atoms with Gasteiger partial charge >= 0.3 is 0 Å². The van der Waals surface area contributed by atoms with Crippen molar-refractivity contribution < 1.29 is 4.92 Å². The first-order valence-corrected chi connectivity index (χ1v) is 5.57. The molecule has 0 aliphatic carbocycles. The highest BCUT2D eigenvalue weighted by Crippen LogP contribution is 2.27. The SMILES string of the molecule is CC(Nc1ccccc1[N+](=O)[O-])c1ccnn1C. The lowest BCUT2D eigenvalue weighted by atomic mass is 10.2. The number of aromatic nitrogens is 2. The average Bonchev–Trinajstić information content (AvgIpc) is 2.76. The second kappa shape index (κ2) is 4.87. The highest BCUT2D eigenvalue weighted by atomic mass is 16.6. The zero-order valence-electron chi connectivity index (χ0n) is 10.2. The molecule has 0 spiro atoms. The summed E-state index contributed by atoms with van der Waals surface area (Å²) < 4.78 is 1.74. The molecular weight excluding hydrogens is 232 g/mol. The molecule has 1 heterocycles. The summed E-state index contributed by atoms with van der Waals surface area (Å²) in [5, 5.41) is 18.1. The van der Waals surface area contributed by atoms with Crippen molar-refractivity contribution in [3.05, 3.63) is 52.3 Å². The number of anilines is 1. The van der Waals surface area contributed by atoms with E-state index >= 15 is 0 Å². The molecule has 0 bridgehead atoms. The maximum atomic E-state index is 10.9. The first-order valence-electron chi connectivity index (χ1n) is 5.57. The smallest absolute Gasteiger partial charge is 0.292 e. The highest BCUT2D eigenvalue weighted by molar-refractivity contribution is 5.61. The number of hydrogen-bond acceptors (Lipinski definition) is 4. The third-order valence-electron chi connectivity index (χ3n) is 2.78. The van der Waals surface area contributed by atoms with E-state index in [9.17, 15) is 10.1 Å². The molecule has 0 saturated carbocycles. The van der Waals surface area contributed by atoms with E-state index in [4.69, 9.17) is 0 Å².